The third-order valence-corrected chi connectivity index (χ3v) is 4.72. The summed E-state index contributed by atoms with van der Waals surface area (Å²) in [6.45, 7) is 5.79. The van der Waals surface area contributed by atoms with Gasteiger partial charge in [-0.2, -0.15) is 0 Å². The number of phenols is 1. The first-order valence-electron chi connectivity index (χ1n) is 11.0. The van der Waals surface area contributed by atoms with Crippen molar-refractivity contribution in [2.75, 3.05) is 13.2 Å². The van der Waals surface area contributed by atoms with Gasteiger partial charge in [0.2, 0.25) is 0 Å². The van der Waals surface area contributed by atoms with E-state index in [0.717, 1.165) is 37.3 Å². The normalized spacial score (nSPS) is 11.1. The summed E-state index contributed by atoms with van der Waals surface area (Å²) in [4.78, 5) is 4.43. The van der Waals surface area contributed by atoms with Crippen LogP contribution in [0.15, 0.2) is 47.5 Å². The number of rotatable bonds is 14. The van der Waals surface area contributed by atoms with Crippen molar-refractivity contribution < 1.29 is 14.6 Å². The standard InChI is InChI=1S/C25H35NO3/c1-3-5-7-8-9-10-18-29-24-14-11-21(25(27)19-24)20-26-22-12-15-23(16-13-22)28-17-6-4-2/h11-16,19-20,27H,3-10,17-18H2,1-2H3. The highest BCUT2D eigenvalue weighted by Gasteiger charge is 2.02. The van der Waals surface area contributed by atoms with Crippen LogP contribution in [0.2, 0.25) is 0 Å². The molecule has 2 rings (SSSR count). The molecule has 0 aliphatic heterocycles. The summed E-state index contributed by atoms with van der Waals surface area (Å²) >= 11 is 0. The Morgan fingerprint density at radius 1 is 0.759 bits per heavy atom. The smallest absolute Gasteiger partial charge is 0.128 e. The molecule has 29 heavy (non-hydrogen) atoms. The van der Waals surface area contributed by atoms with Crippen molar-refractivity contribution in [1.29, 1.82) is 0 Å². The summed E-state index contributed by atoms with van der Waals surface area (Å²) in [6.07, 6.45) is 11.2. The highest BCUT2D eigenvalue weighted by Crippen LogP contribution is 2.24. The van der Waals surface area contributed by atoms with Gasteiger partial charge in [-0.1, -0.05) is 52.4 Å². The molecule has 0 saturated heterocycles. The summed E-state index contributed by atoms with van der Waals surface area (Å²) in [5, 5.41) is 10.2. The molecule has 2 aromatic rings. The zero-order valence-corrected chi connectivity index (χ0v) is 17.9. The molecule has 0 radical (unpaired) electrons. The first-order chi connectivity index (χ1) is 14.2. The Labute approximate surface area is 175 Å². The van der Waals surface area contributed by atoms with Crippen LogP contribution in [0, 0.1) is 0 Å². The maximum absolute atomic E-state index is 10.2. The molecular weight excluding hydrogens is 362 g/mol. The van der Waals surface area contributed by atoms with Crippen molar-refractivity contribution in [2.24, 2.45) is 4.99 Å². The van der Waals surface area contributed by atoms with E-state index in [0.29, 0.717) is 17.9 Å². The molecule has 0 bridgehead atoms. The van der Waals surface area contributed by atoms with Crippen LogP contribution in [-0.2, 0) is 0 Å². The maximum Gasteiger partial charge on any atom is 0.128 e. The van der Waals surface area contributed by atoms with Crippen molar-refractivity contribution in [3.63, 3.8) is 0 Å². The van der Waals surface area contributed by atoms with Gasteiger partial charge < -0.3 is 14.6 Å². The molecule has 4 nitrogen and oxygen atoms in total. The van der Waals surface area contributed by atoms with Crippen LogP contribution >= 0.6 is 0 Å². The fourth-order valence-electron chi connectivity index (χ4n) is 2.90. The molecule has 0 aromatic heterocycles. The van der Waals surface area contributed by atoms with E-state index in [9.17, 15) is 5.11 Å². The molecule has 0 spiro atoms. The molecule has 0 saturated carbocycles. The fourth-order valence-corrected chi connectivity index (χ4v) is 2.90. The highest BCUT2D eigenvalue weighted by atomic mass is 16.5. The van der Waals surface area contributed by atoms with Crippen LogP contribution in [0.1, 0.15) is 70.8 Å². The van der Waals surface area contributed by atoms with Crippen LogP contribution in [0.3, 0.4) is 0 Å². The minimum atomic E-state index is 0.175. The third kappa shape index (κ3) is 9.03. The van der Waals surface area contributed by atoms with E-state index in [1.165, 1.54) is 32.1 Å². The average molecular weight is 398 g/mol. The number of ether oxygens (including phenoxy) is 2. The molecule has 158 valence electrons. The number of hydrogen-bond donors (Lipinski definition) is 1. The molecule has 0 atom stereocenters. The lowest BCUT2D eigenvalue weighted by Gasteiger charge is -2.08. The van der Waals surface area contributed by atoms with Gasteiger partial charge in [0, 0.05) is 17.8 Å². The van der Waals surface area contributed by atoms with E-state index >= 15 is 0 Å². The molecule has 0 aliphatic rings. The predicted octanol–water partition coefficient (Wildman–Crippen LogP) is 7.06. The molecule has 0 amide bonds. The van der Waals surface area contributed by atoms with Gasteiger partial charge in [0.1, 0.15) is 17.2 Å². The van der Waals surface area contributed by atoms with E-state index in [1.54, 1.807) is 12.3 Å². The van der Waals surface area contributed by atoms with E-state index in [4.69, 9.17) is 9.47 Å². The minimum Gasteiger partial charge on any atom is -0.507 e. The SMILES string of the molecule is CCCCCCCCOc1ccc(C=Nc2ccc(OCCCC)cc2)c(O)c1. The van der Waals surface area contributed by atoms with Crippen molar-refractivity contribution >= 4 is 11.9 Å². The molecule has 0 aliphatic carbocycles. The van der Waals surface area contributed by atoms with Gasteiger partial charge in [-0.05, 0) is 49.2 Å². The third-order valence-electron chi connectivity index (χ3n) is 4.72. The Hall–Kier alpha value is -2.49. The van der Waals surface area contributed by atoms with Gasteiger partial charge in [0.15, 0.2) is 0 Å². The van der Waals surface area contributed by atoms with Gasteiger partial charge in [0.05, 0.1) is 18.9 Å². The first kappa shape index (κ1) is 22.8. The largest absolute Gasteiger partial charge is 0.507 e. The monoisotopic (exact) mass is 397 g/mol. The van der Waals surface area contributed by atoms with Crippen molar-refractivity contribution in [2.45, 2.75) is 65.2 Å². The lowest BCUT2D eigenvalue weighted by Crippen LogP contribution is -1.97. The lowest BCUT2D eigenvalue weighted by molar-refractivity contribution is 0.302. The summed E-state index contributed by atoms with van der Waals surface area (Å²) in [5.41, 5.74) is 1.48. The second-order valence-electron chi connectivity index (χ2n) is 7.29. The molecule has 0 fully saturated rings. The molecule has 2 aromatic carbocycles. The summed E-state index contributed by atoms with van der Waals surface area (Å²) in [6, 6.07) is 13.0. The Morgan fingerprint density at radius 3 is 2.10 bits per heavy atom. The predicted molar refractivity (Wildman–Crippen MR) is 121 cm³/mol. The Bertz CT molecular complexity index is 725. The van der Waals surface area contributed by atoms with Gasteiger partial charge in [-0.3, -0.25) is 4.99 Å². The maximum atomic E-state index is 10.2. The molecule has 4 heteroatoms. The van der Waals surface area contributed by atoms with E-state index < -0.39 is 0 Å². The zero-order valence-electron chi connectivity index (χ0n) is 17.9. The van der Waals surface area contributed by atoms with Crippen LogP contribution < -0.4 is 9.47 Å². The molecule has 0 unspecified atom stereocenters. The number of unbranched alkanes of at least 4 members (excludes halogenated alkanes) is 6. The summed E-state index contributed by atoms with van der Waals surface area (Å²) < 4.78 is 11.4. The number of aliphatic imine (C=N–C) groups is 1. The van der Waals surface area contributed by atoms with Crippen LogP contribution in [0.25, 0.3) is 0 Å². The van der Waals surface area contributed by atoms with Crippen LogP contribution in [0.4, 0.5) is 5.69 Å². The Kier molecular flexibility index (Phi) is 10.7. The number of hydrogen-bond acceptors (Lipinski definition) is 4. The van der Waals surface area contributed by atoms with Crippen molar-refractivity contribution in [3.8, 4) is 17.2 Å². The second-order valence-corrected chi connectivity index (χ2v) is 7.29. The van der Waals surface area contributed by atoms with Crippen LogP contribution in [0.5, 0.6) is 17.2 Å². The topological polar surface area (TPSA) is 51.0 Å². The fraction of sp³-hybridized carbons (Fsp3) is 0.480. The molecule has 1 N–H and O–H groups in total. The van der Waals surface area contributed by atoms with Crippen LogP contribution in [-0.4, -0.2) is 24.5 Å². The van der Waals surface area contributed by atoms with E-state index in [2.05, 4.69) is 18.8 Å². The number of nitrogens with zero attached hydrogens (tertiary/aromatic N) is 1. The first-order valence-corrected chi connectivity index (χ1v) is 11.0. The van der Waals surface area contributed by atoms with Gasteiger partial charge in [-0.15, -0.1) is 0 Å². The Balaban J connectivity index is 1.79. The van der Waals surface area contributed by atoms with E-state index in [-0.39, 0.29) is 5.75 Å². The lowest BCUT2D eigenvalue weighted by atomic mass is 10.1. The molecule has 0 heterocycles. The van der Waals surface area contributed by atoms with Gasteiger partial charge in [0.25, 0.3) is 0 Å². The van der Waals surface area contributed by atoms with Crippen molar-refractivity contribution in [1.82, 2.24) is 0 Å². The number of benzene rings is 2. The van der Waals surface area contributed by atoms with E-state index in [1.807, 2.05) is 36.4 Å². The molecular formula is C25H35NO3. The zero-order chi connectivity index (χ0) is 20.7. The summed E-state index contributed by atoms with van der Waals surface area (Å²) in [7, 11) is 0. The van der Waals surface area contributed by atoms with Crippen molar-refractivity contribution in [3.05, 3.63) is 48.0 Å². The minimum absolute atomic E-state index is 0.175. The number of phenolic OH excluding ortho intramolecular Hbond substituents is 1. The van der Waals surface area contributed by atoms with Gasteiger partial charge >= 0.3 is 0 Å². The quantitative estimate of drug-likeness (QED) is 0.274. The van der Waals surface area contributed by atoms with Gasteiger partial charge in [-0.25, -0.2) is 0 Å². The summed E-state index contributed by atoms with van der Waals surface area (Å²) in [5.74, 6) is 1.72. The number of aromatic hydroxyl groups is 1. The average Bonchev–Trinajstić information content (AvgIpc) is 2.73. The Morgan fingerprint density at radius 2 is 1.38 bits per heavy atom. The second kappa shape index (κ2) is 13.6. The highest BCUT2D eigenvalue weighted by molar-refractivity contribution is 5.85.